The molecule has 10 heteroatoms. The van der Waals surface area contributed by atoms with E-state index in [2.05, 4.69) is 15.3 Å². The molecule has 8 nitrogen and oxygen atoms in total. The van der Waals surface area contributed by atoms with Crippen molar-refractivity contribution in [2.24, 2.45) is 14.1 Å². The molecule has 0 bridgehead atoms. The predicted molar refractivity (Wildman–Crippen MR) is 141 cm³/mol. The molecule has 0 saturated carbocycles. The second-order valence-corrected chi connectivity index (χ2v) is 9.09. The molecule has 0 radical (unpaired) electrons. The van der Waals surface area contributed by atoms with Gasteiger partial charge in [0.05, 0.1) is 5.75 Å². The van der Waals surface area contributed by atoms with Crippen LogP contribution in [0.15, 0.2) is 81.3 Å². The Hall–Kier alpha value is -4.31. The fourth-order valence-corrected chi connectivity index (χ4v) is 4.73. The van der Waals surface area contributed by atoms with Crippen LogP contribution in [0.1, 0.15) is 1.43 Å². The maximum atomic E-state index is 13.5. The van der Waals surface area contributed by atoms with Crippen molar-refractivity contribution in [3.8, 4) is 11.4 Å². The Balaban J connectivity index is 0.00000320. The van der Waals surface area contributed by atoms with Gasteiger partial charge in [0.15, 0.2) is 11.5 Å². The summed E-state index contributed by atoms with van der Waals surface area (Å²) < 4.78 is 15.7. The monoisotopic (exact) mass is 503 g/mol. The number of carbonyl (C=O) groups is 1. The topological polar surface area (TPSA) is 98.9 Å². The average molecular weight is 504 g/mol. The number of benzene rings is 3. The van der Waals surface area contributed by atoms with Gasteiger partial charge in [0.1, 0.15) is 16.2 Å². The van der Waals surface area contributed by atoms with Crippen LogP contribution in [0.3, 0.4) is 0 Å². The van der Waals surface area contributed by atoms with E-state index in [9.17, 15) is 18.8 Å². The zero-order valence-electron chi connectivity index (χ0n) is 19.4. The van der Waals surface area contributed by atoms with Crippen LogP contribution < -0.4 is 16.6 Å². The Morgan fingerprint density at radius 2 is 1.69 bits per heavy atom. The molecular formula is C26H22FN5O3S. The summed E-state index contributed by atoms with van der Waals surface area (Å²) in [6.07, 6.45) is 0. The third-order valence-corrected chi connectivity index (χ3v) is 6.75. The number of nitrogens with one attached hydrogen (secondary N) is 1. The van der Waals surface area contributed by atoms with Gasteiger partial charge in [0.25, 0.3) is 5.56 Å². The van der Waals surface area contributed by atoms with Gasteiger partial charge < -0.3 is 5.32 Å². The summed E-state index contributed by atoms with van der Waals surface area (Å²) in [5.41, 5.74) is 0.219. The van der Waals surface area contributed by atoms with Crippen molar-refractivity contribution >= 4 is 45.2 Å². The summed E-state index contributed by atoms with van der Waals surface area (Å²) >= 11 is 1.07. The predicted octanol–water partition coefficient (Wildman–Crippen LogP) is 3.96. The van der Waals surface area contributed by atoms with Gasteiger partial charge in [0.2, 0.25) is 5.91 Å². The molecule has 0 unspecified atom stereocenters. The van der Waals surface area contributed by atoms with E-state index in [1.54, 1.807) is 0 Å². The van der Waals surface area contributed by atoms with E-state index in [0.29, 0.717) is 11.3 Å². The molecule has 5 aromatic rings. The van der Waals surface area contributed by atoms with E-state index in [0.717, 1.165) is 27.1 Å². The summed E-state index contributed by atoms with van der Waals surface area (Å²) in [4.78, 5) is 47.4. The minimum Gasteiger partial charge on any atom is -0.325 e. The minimum absolute atomic E-state index is 0. The van der Waals surface area contributed by atoms with Crippen LogP contribution in [0, 0.1) is 5.82 Å². The maximum absolute atomic E-state index is 13.5. The molecule has 0 aliphatic rings. The summed E-state index contributed by atoms with van der Waals surface area (Å²) in [5, 5.41) is 5.21. The van der Waals surface area contributed by atoms with Crippen LogP contribution in [0.2, 0.25) is 0 Å². The number of hydrogen-bond acceptors (Lipinski definition) is 6. The molecule has 36 heavy (non-hydrogen) atoms. The number of nitrogens with zero attached hydrogens (tertiary/aromatic N) is 4. The van der Waals surface area contributed by atoms with Crippen LogP contribution in [0.25, 0.3) is 33.2 Å². The van der Waals surface area contributed by atoms with Crippen molar-refractivity contribution in [2.75, 3.05) is 11.1 Å². The fourth-order valence-electron chi connectivity index (χ4n) is 3.92. The van der Waals surface area contributed by atoms with E-state index in [1.807, 2.05) is 42.5 Å². The number of rotatable bonds is 5. The molecule has 0 spiro atoms. The first-order valence-electron chi connectivity index (χ1n) is 11.0. The SMILES string of the molecule is Cn1c(=O)c2c(SCC(=O)Nc3cccc4ccccc34)nc(-c3ccc(F)cc3)nc2n(C)c1=O.[HH]. The van der Waals surface area contributed by atoms with Crippen molar-refractivity contribution in [1.82, 2.24) is 19.1 Å². The summed E-state index contributed by atoms with van der Waals surface area (Å²) in [7, 11) is 2.88. The summed E-state index contributed by atoms with van der Waals surface area (Å²) in [6, 6.07) is 18.9. The number of thioether (sulfide) groups is 1. The molecule has 0 aliphatic heterocycles. The van der Waals surface area contributed by atoms with Gasteiger partial charge in [0, 0.05) is 32.2 Å². The zero-order chi connectivity index (χ0) is 25.4. The molecule has 1 amide bonds. The van der Waals surface area contributed by atoms with E-state index in [-0.39, 0.29) is 35.0 Å². The molecule has 0 fully saturated rings. The third kappa shape index (κ3) is 4.27. The quantitative estimate of drug-likeness (QED) is 0.288. The highest BCUT2D eigenvalue weighted by Gasteiger charge is 2.19. The molecule has 1 N–H and O–H groups in total. The Kier molecular flexibility index (Phi) is 6.11. The van der Waals surface area contributed by atoms with Crippen LogP contribution in [-0.4, -0.2) is 30.8 Å². The Morgan fingerprint density at radius 1 is 0.972 bits per heavy atom. The largest absolute Gasteiger partial charge is 0.332 e. The molecule has 3 aromatic carbocycles. The number of fused-ring (bicyclic) bond motifs is 2. The first-order valence-corrected chi connectivity index (χ1v) is 12.0. The van der Waals surface area contributed by atoms with Gasteiger partial charge >= 0.3 is 5.69 Å². The lowest BCUT2D eigenvalue weighted by atomic mass is 10.1. The standard InChI is InChI=1S/C26H20FN5O3S.H2/c1-31-23-21(25(34)32(2)26(31)35)24(30-22(29-23)16-10-12-17(27)13-11-16)36-14-20(33)28-19-9-5-7-15-6-3-4-8-18(15)19;/h3-13H,14H2,1-2H3,(H,28,33);1H. The van der Waals surface area contributed by atoms with Gasteiger partial charge in [-0.1, -0.05) is 48.2 Å². The first kappa shape index (κ1) is 23.4. The fraction of sp³-hybridized carbons (Fsp3) is 0.115. The Bertz CT molecular complexity index is 1760. The first-order chi connectivity index (χ1) is 17.3. The molecular weight excluding hydrogens is 481 g/mol. The number of amides is 1. The number of halogens is 1. The molecule has 2 heterocycles. The highest BCUT2D eigenvalue weighted by atomic mass is 32.2. The Morgan fingerprint density at radius 3 is 2.47 bits per heavy atom. The Labute approximate surface area is 209 Å². The highest BCUT2D eigenvalue weighted by molar-refractivity contribution is 8.00. The second-order valence-electron chi connectivity index (χ2n) is 8.13. The van der Waals surface area contributed by atoms with Crippen molar-refractivity contribution in [3.05, 3.63) is 93.4 Å². The maximum Gasteiger partial charge on any atom is 0.332 e. The van der Waals surface area contributed by atoms with E-state index in [4.69, 9.17) is 0 Å². The molecule has 182 valence electrons. The minimum atomic E-state index is -0.560. The normalized spacial score (nSPS) is 11.2. The number of aryl methyl sites for hydroxylation is 1. The third-order valence-electron chi connectivity index (χ3n) is 5.77. The number of anilines is 1. The smallest absolute Gasteiger partial charge is 0.325 e. The van der Waals surface area contributed by atoms with E-state index in [1.165, 1.54) is 42.9 Å². The number of hydrogen-bond donors (Lipinski definition) is 1. The van der Waals surface area contributed by atoms with Crippen molar-refractivity contribution in [2.45, 2.75) is 5.03 Å². The molecule has 2 aromatic heterocycles. The lowest BCUT2D eigenvalue weighted by molar-refractivity contribution is -0.113. The van der Waals surface area contributed by atoms with E-state index < -0.39 is 17.1 Å². The van der Waals surface area contributed by atoms with Gasteiger partial charge in [-0.15, -0.1) is 0 Å². The van der Waals surface area contributed by atoms with Gasteiger partial charge in [-0.3, -0.25) is 18.7 Å². The second kappa shape index (κ2) is 9.38. The number of aromatic nitrogens is 4. The molecule has 0 saturated heterocycles. The van der Waals surface area contributed by atoms with Gasteiger partial charge in [-0.25, -0.2) is 19.2 Å². The van der Waals surface area contributed by atoms with Crippen LogP contribution >= 0.6 is 11.8 Å². The average Bonchev–Trinajstić information content (AvgIpc) is 2.89. The van der Waals surface area contributed by atoms with Gasteiger partial charge in [-0.05, 0) is 35.7 Å². The lowest BCUT2D eigenvalue weighted by Gasteiger charge is -2.12. The van der Waals surface area contributed by atoms with Crippen LogP contribution in [0.4, 0.5) is 10.1 Å². The van der Waals surface area contributed by atoms with Crippen molar-refractivity contribution in [3.63, 3.8) is 0 Å². The zero-order valence-corrected chi connectivity index (χ0v) is 20.2. The molecule has 0 aliphatic carbocycles. The van der Waals surface area contributed by atoms with Gasteiger partial charge in [-0.2, -0.15) is 0 Å². The van der Waals surface area contributed by atoms with Crippen molar-refractivity contribution < 1.29 is 10.6 Å². The number of carbonyl (C=O) groups excluding carboxylic acids is 1. The highest BCUT2D eigenvalue weighted by Crippen LogP contribution is 2.27. The molecule has 0 atom stereocenters. The van der Waals surface area contributed by atoms with Crippen LogP contribution in [-0.2, 0) is 18.9 Å². The van der Waals surface area contributed by atoms with Crippen molar-refractivity contribution in [1.29, 1.82) is 0 Å². The lowest BCUT2D eigenvalue weighted by Crippen LogP contribution is -2.37. The summed E-state index contributed by atoms with van der Waals surface area (Å²) in [6.45, 7) is 0. The molecule has 5 rings (SSSR count). The van der Waals surface area contributed by atoms with Crippen LogP contribution in [0.5, 0.6) is 0 Å². The summed E-state index contributed by atoms with van der Waals surface area (Å²) in [5.74, 6) is -0.527. The van der Waals surface area contributed by atoms with E-state index >= 15 is 0 Å².